The van der Waals surface area contributed by atoms with Crippen molar-refractivity contribution in [3.8, 4) is 0 Å². The molecule has 0 aliphatic heterocycles. The molecule has 2 aromatic carbocycles. The lowest BCUT2D eigenvalue weighted by Crippen LogP contribution is -1.99. The van der Waals surface area contributed by atoms with E-state index in [-0.39, 0.29) is 6.04 Å². The number of aromatic nitrogens is 1. The molecule has 0 amide bonds. The van der Waals surface area contributed by atoms with Crippen LogP contribution in [0.1, 0.15) is 17.2 Å². The summed E-state index contributed by atoms with van der Waals surface area (Å²) in [5.74, 6) is 0. The van der Waals surface area contributed by atoms with Crippen LogP contribution >= 0.6 is 0 Å². The molecule has 0 radical (unpaired) electrons. The highest BCUT2D eigenvalue weighted by Crippen LogP contribution is 2.30. The number of hydrogen-bond acceptors (Lipinski definition) is 2. The van der Waals surface area contributed by atoms with E-state index >= 15 is 0 Å². The molecule has 0 aliphatic rings. The maximum absolute atomic E-state index is 11.3. The van der Waals surface area contributed by atoms with E-state index in [1.54, 1.807) is 0 Å². The SMILES string of the molecule is Cn1cc(C(Cc2ccccc2)N=O)c2ccccc21. The molecular weight excluding hydrogens is 248 g/mol. The van der Waals surface area contributed by atoms with Crippen molar-refractivity contribution < 1.29 is 0 Å². The van der Waals surface area contributed by atoms with E-state index in [1.165, 1.54) is 0 Å². The van der Waals surface area contributed by atoms with Crippen molar-refractivity contribution in [3.63, 3.8) is 0 Å². The van der Waals surface area contributed by atoms with Gasteiger partial charge >= 0.3 is 0 Å². The normalized spacial score (nSPS) is 12.4. The summed E-state index contributed by atoms with van der Waals surface area (Å²) in [6.07, 6.45) is 2.65. The van der Waals surface area contributed by atoms with Crippen LogP contribution in [-0.4, -0.2) is 4.57 Å². The maximum atomic E-state index is 11.3. The summed E-state index contributed by atoms with van der Waals surface area (Å²) < 4.78 is 2.05. The Bertz CT molecular complexity index is 731. The van der Waals surface area contributed by atoms with Crippen molar-refractivity contribution in [2.45, 2.75) is 12.5 Å². The van der Waals surface area contributed by atoms with Crippen LogP contribution in [0.5, 0.6) is 0 Å². The van der Waals surface area contributed by atoms with Gasteiger partial charge in [0, 0.05) is 36.1 Å². The number of nitrogens with zero attached hydrogens (tertiary/aromatic N) is 2. The summed E-state index contributed by atoms with van der Waals surface area (Å²) in [6.45, 7) is 0. The second kappa shape index (κ2) is 5.29. The Hall–Kier alpha value is -2.42. The van der Waals surface area contributed by atoms with Gasteiger partial charge in [-0.3, -0.25) is 0 Å². The van der Waals surface area contributed by atoms with Gasteiger partial charge in [-0.1, -0.05) is 53.7 Å². The van der Waals surface area contributed by atoms with Crippen molar-refractivity contribution in [2.24, 2.45) is 12.2 Å². The van der Waals surface area contributed by atoms with Gasteiger partial charge in [0.25, 0.3) is 0 Å². The van der Waals surface area contributed by atoms with E-state index in [0.29, 0.717) is 6.42 Å². The van der Waals surface area contributed by atoms with E-state index in [9.17, 15) is 4.91 Å². The zero-order chi connectivity index (χ0) is 13.9. The van der Waals surface area contributed by atoms with Gasteiger partial charge in [-0.2, -0.15) is 4.91 Å². The smallest absolute Gasteiger partial charge is 0.123 e. The van der Waals surface area contributed by atoms with Crippen LogP contribution in [0.15, 0.2) is 66.0 Å². The fraction of sp³-hybridized carbons (Fsp3) is 0.176. The Morgan fingerprint density at radius 3 is 2.50 bits per heavy atom. The Morgan fingerprint density at radius 2 is 1.75 bits per heavy atom. The molecule has 1 atom stereocenters. The van der Waals surface area contributed by atoms with Gasteiger partial charge in [-0.25, -0.2) is 0 Å². The van der Waals surface area contributed by atoms with Crippen molar-refractivity contribution in [1.82, 2.24) is 4.57 Å². The molecule has 100 valence electrons. The van der Waals surface area contributed by atoms with Crippen LogP contribution in [-0.2, 0) is 13.5 Å². The molecule has 3 nitrogen and oxygen atoms in total. The fourth-order valence-electron chi connectivity index (χ4n) is 2.68. The standard InChI is InChI=1S/C17H16N2O/c1-19-12-15(14-9-5-6-10-17(14)19)16(18-20)11-13-7-3-2-4-8-13/h2-10,12,16H,11H2,1H3. The number of rotatable bonds is 4. The first-order valence-electron chi connectivity index (χ1n) is 6.70. The van der Waals surface area contributed by atoms with Gasteiger partial charge in [0.1, 0.15) is 6.04 Å². The Morgan fingerprint density at radius 1 is 1.05 bits per heavy atom. The summed E-state index contributed by atoms with van der Waals surface area (Å²) in [7, 11) is 2.00. The average molecular weight is 264 g/mol. The van der Waals surface area contributed by atoms with E-state index in [1.807, 2.05) is 66.3 Å². The lowest BCUT2D eigenvalue weighted by molar-refractivity contribution is 0.719. The van der Waals surface area contributed by atoms with Crippen LogP contribution in [0.25, 0.3) is 10.9 Å². The highest BCUT2D eigenvalue weighted by molar-refractivity contribution is 5.84. The molecular formula is C17H16N2O. The molecule has 3 rings (SSSR count). The van der Waals surface area contributed by atoms with Gasteiger partial charge in [0.15, 0.2) is 0 Å². The highest BCUT2D eigenvalue weighted by atomic mass is 16.3. The molecule has 1 unspecified atom stereocenters. The molecule has 0 spiro atoms. The van der Waals surface area contributed by atoms with E-state index in [2.05, 4.69) is 11.2 Å². The molecule has 0 fully saturated rings. The topological polar surface area (TPSA) is 34.4 Å². The first-order valence-corrected chi connectivity index (χ1v) is 6.70. The van der Waals surface area contributed by atoms with Crippen LogP contribution in [0.4, 0.5) is 0 Å². The lowest BCUT2D eigenvalue weighted by atomic mass is 9.99. The third-order valence-electron chi connectivity index (χ3n) is 3.69. The highest BCUT2D eigenvalue weighted by Gasteiger charge is 2.18. The molecule has 0 aliphatic carbocycles. The molecule has 1 heterocycles. The number of nitroso groups, excluding NO2 is 1. The van der Waals surface area contributed by atoms with Crippen LogP contribution in [0.3, 0.4) is 0 Å². The monoisotopic (exact) mass is 264 g/mol. The van der Waals surface area contributed by atoms with Crippen molar-refractivity contribution >= 4 is 10.9 Å². The summed E-state index contributed by atoms with van der Waals surface area (Å²) in [4.78, 5) is 11.3. The number of fused-ring (bicyclic) bond motifs is 1. The Balaban J connectivity index is 2.02. The quantitative estimate of drug-likeness (QED) is 0.649. The van der Waals surface area contributed by atoms with Crippen molar-refractivity contribution in [3.05, 3.63) is 76.8 Å². The molecule has 3 aromatic rings. The molecule has 3 heteroatoms. The predicted molar refractivity (Wildman–Crippen MR) is 81.6 cm³/mol. The van der Waals surface area contributed by atoms with Gasteiger partial charge < -0.3 is 4.57 Å². The minimum Gasteiger partial charge on any atom is -0.350 e. The molecule has 0 saturated carbocycles. The third-order valence-corrected chi connectivity index (χ3v) is 3.69. The minimum absolute atomic E-state index is 0.344. The van der Waals surface area contributed by atoms with Crippen LogP contribution in [0.2, 0.25) is 0 Å². The molecule has 1 aromatic heterocycles. The maximum Gasteiger partial charge on any atom is 0.123 e. The van der Waals surface area contributed by atoms with E-state index in [0.717, 1.165) is 22.0 Å². The number of hydrogen-bond donors (Lipinski definition) is 0. The first-order chi connectivity index (χ1) is 9.79. The molecule has 0 bridgehead atoms. The first kappa shape index (κ1) is 12.6. The second-order valence-electron chi connectivity index (χ2n) is 5.02. The molecule has 20 heavy (non-hydrogen) atoms. The van der Waals surface area contributed by atoms with Crippen LogP contribution < -0.4 is 0 Å². The summed E-state index contributed by atoms with van der Waals surface area (Å²) >= 11 is 0. The largest absolute Gasteiger partial charge is 0.350 e. The van der Waals surface area contributed by atoms with Crippen molar-refractivity contribution in [1.29, 1.82) is 0 Å². The minimum atomic E-state index is -0.344. The number of aryl methyl sites for hydroxylation is 1. The van der Waals surface area contributed by atoms with E-state index in [4.69, 9.17) is 0 Å². The van der Waals surface area contributed by atoms with Gasteiger partial charge in [0.05, 0.1) is 0 Å². The lowest BCUT2D eigenvalue weighted by Gasteiger charge is -2.08. The van der Waals surface area contributed by atoms with Gasteiger partial charge in [0.2, 0.25) is 0 Å². The molecule has 0 saturated heterocycles. The second-order valence-corrected chi connectivity index (χ2v) is 5.02. The summed E-state index contributed by atoms with van der Waals surface area (Å²) in [6, 6.07) is 17.8. The van der Waals surface area contributed by atoms with Crippen LogP contribution in [0, 0.1) is 4.91 Å². The predicted octanol–water partition coefficient (Wildman–Crippen LogP) is 4.23. The average Bonchev–Trinajstić information content (AvgIpc) is 2.84. The zero-order valence-electron chi connectivity index (χ0n) is 11.4. The van der Waals surface area contributed by atoms with Crippen molar-refractivity contribution in [2.75, 3.05) is 0 Å². The summed E-state index contributed by atoms with van der Waals surface area (Å²) in [5.41, 5.74) is 3.26. The van der Waals surface area contributed by atoms with E-state index < -0.39 is 0 Å². The van der Waals surface area contributed by atoms with Gasteiger partial charge in [-0.05, 0) is 11.6 Å². The zero-order valence-corrected chi connectivity index (χ0v) is 11.4. The molecule has 0 N–H and O–H groups in total. The third kappa shape index (κ3) is 2.23. The fourth-order valence-corrected chi connectivity index (χ4v) is 2.68. The van der Waals surface area contributed by atoms with Gasteiger partial charge in [-0.15, -0.1) is 0 Å². The number of para-hydroxylation sites is 1. The summed E-state index contributed by atoms with van der Waals surface area (Å²) in [5, 5.41) is 4.46. The Labute approximate surface area is 117 Å². The Kier molecular flexibility index (Phi) is 3.33. The number of benzene rings is 2.